The maximum atomic E-state index is 16.0. The van der Waals surface area contributed by atoms with Crippen molar-refractivity contribution in [1.82, 2.24) is 14.8 Å². The molecule has 0 saturated carbocycles. The summed E-state index contributed by atoms with van der Waals surface area (Å²) in [5, 5.41) is 2.63. The molecule has 2 N–H and O–H groups in total. The number of hydrogen-bond acceptors (Lipinski definition) is 6. The average molecular weight is 642 g/mol. The Morgan fingerprint density at radius 1 is 1.09 bits per heavy atom. The van der Waals surface area contributed by atoms with Crippen LogP contribution in [-0.2, 0) is 6.18 Å². The zero-order chi connectivity index (χ0) is 33.3. The average Bonchev–Trinajstić information content (AvgIpc) is 3.03. The molecule has 0 radical (unpaired) electrons. The Hall–Kier alpha value is -4.16. The van der Waals surface area contributed by atoms with Gasteiger partial charge in [0.15, 0.2) is 0 Å². The molecule has 2 aromatic carbocycles. The molecular formula is C34H39F4N5O3. The molecule has 1 saturated heterocycles. The summed E-state index contributed by atoms with van der Waals surface area (Å²) < 4.78 is 62.6. The molecule has 1 aromatic heterocycles. The molecule has 1 amide bonds. The van der Waals surface area contributed by atoms with Gasteiger partial charge in [-0.25, -0.2) is 4.39 Å². The van der Waals surface area contributed by atoms with E-state index in [1.807, 2.05) is 56.1 Å². The smallest absolute Gasteiger partial charge is 0.417 e. The number of alkyl halides is 3. The minimum Gasteiger partial charge on any atom is -0.497 e. The summed E-state index contributed by atoms with van der Waals surface area (Å²) in [5.74, 6) is -0.765. The zero-order valence-corrected chi connectivity index (χ0v) is 26.5. The Labute approximate surface area is 265 Å². The Bertz CT molecular complexity index is 1660. The summed E-state index contributed by atoms with van der Waals surface area (Å²) in [7, 11) is 3.62. The van der Waals surface area contributed by atoms with Crippen LogP contribution in [0.25, 0.3) is 5.57 Å². The molecule has 2 aliphatic rings. The second kappa shape index (κ2) is 13.3. The van der Waals surface area contributed by atoms with Crippen LogP contribution in [0.1, 0.15) is 60.3 Å². The predicted molar refractivity (Wildman–Crippen MR) is 171 cm³/mol. The highest BCUT2D eigenvalue weighted by atomic mass is 19.4. The van der Waals surface area contributed by atoms with Gasteiger partial charge < -0.3 is 19.9 Å². The lowest BCUT2D eigenvalue weighted by Gasteiger charge is -2.44. The van der Waals surface area contributed by atoms with Gasteiger partial charge in [0.2, 0.25) is 5.56 Å². The van der Waals surface area contributed by atoms with E-state index in [2.05, 4.69) is 27.0 Å². The van der Waals surface area contributed by atoms with Gasteiger partial charge in [-0.15, -0.1) is 0 Å². The van der Waals surface area contributed by atoms with Crippen LogP contribution in [0, 0.1) is 5.82 Å². The van der Waals surface area contributed by atoms with Crippen molar-refractivity contribution in [3.8, 4) is 5.75 Å². The first-order valence-corrected chi connectivity index (χ1v) is 15.3. The van der Waals surface area contributed by atoms with Gasteiger partial charge >= 0.3 is 6.18 Å². The number of likely N-dealkylation sites (N-methyl/N-ethyl adjacent to an activating group) is 1. The van der Waals surface area contributed by atoms with E-state index < -0.39 is 34.6 Å². The van der Waals surface area contributed by atoms with Crippen molar-refractivity contribution in [1.29, 1.82) is 0 Å². The van der Waals surface area contributed by atoms with E-state index in [1.54, 1.807) is 7.11 Å². The maximum absolute atomic E-state index is 16.0. The van der Waals surface area contributed by atoms with Gasteiger partial charge in [-0.1, -0.05) is 18.2 Å². The second-order valence-corrected chi connectivity index (χ2v) is 12.1. The van der Waals surface area contributed by atoms with Crippen LogP contribution in [0.3, 0.4) is 0 Å². The van der Waals surface area contributed by atoms with Gasteiger partial charge in [0, 0.05) is 62.1 Å². The summed E-state index contributed by atoms with van der Waals surface area (Å²) in [4.78, 5) is 33.7. The van der Waals surface area contributed by atoms with Gasteiger partial charge in [0.05, 0.1) is 29.6 Å². The topological polar surface area (TPSA) is 80.9 Å². The third-order valence-electron chi connectivity index (χ3n) is 9.24. The lowest BCUT2D eigenvalue weighted by atomic mass is 9.95. The van der Waals surface area contributed by atoms with Gasteiger partial charge in [-0.2, -0.15) is 13.2 Å². The van der Waals surface area contributed by atoms with E-state index in [-0.39, 0.29) is 29.4 Å². The summed E-state index contributed by atoms with van der Waals surface area (Å²) in [5.41, 5.74) is -0.334. The number of carbonyl (C=O) groups excluding carboxylic acids is 1. The Kier molecular flexibility index (Phi) is 9.59. The van der Waals surface area contributed by atoms with Crippen molar-refractivity contribution < 1.29 is 27.1 Å². The number of halogens is 4. The Morgan fingerprint density at radius 3 is 2.35 bits per heavy atom. The van der Waals surface area contributed by atoms with Crippen LogP contribution < -0.4 is 20.5 Å². The number of aromatic amines is 1. The number of rotatable bonds is 7. The number of H-pyrrole nitrogens is 1. The maximum Gasteiger partial charge on any atom is 0.417 e. The lowest BCUT2D eigenvalue weighted by Crippen LogP contribution is -2.55. The number of nitrogens with zero attached hydrogens (tertiary/aromatic N) is 3. The molecule has 0 aliphatic carbocycles. The van der Waals surface area contributed by atoms with Crippen molar-refractivity contribution in [2.75, 3.05) is 50.6 Å². The van der Waals surface area contributed by atoms with Crippen LogP contribution in [0.2, 0.25) is 0 Å². The van der Waals surface area contributed by atoms with Crippen molar-refractivity contribution in [3.05, 3.63) is 93.2 Å². The van der Waals surface area contributed by atoms with Crippen molar-refractivity contribution >= 4 is 22.9 Å². The first kappa shape index (κ1) is 33.2. The Balaban J connectivity index is 1.48. The van der Waals surface area contributed by atoms with Crippen LogP contribution in [-0.4, -0.2) is 73.1 Å². The van der Waals surface area contributed by atoms with Gasteiger partial charge in [-0.05, 0) is 69.6 Å². The molecule has 46 heavy (non-hydrogen) atoms. The number of benzene rings is 2. The number of hydrogen-bond donors (Lipinski definition) is 2. The van der Waals surface area contributed by atoms with E-state index >= 15 is 4.39 Å². The molecule has 2 aliphatic heterocycles. The largest absolute Gasteiger partial charge is 0.497 e. The summed E-state index contributed by atoms with van der Waals surface area (Å²) in [6.07, 6.45) is -1.68. The minimum absolute atomic E-state index is 0.103. The van der Waals surface area contributed by atoms with Crippen LogP contribution in [0.5, 0.6) is 5.75 Å². The number of pyridine rings is 1. The molecule has 12 heteroatoms. The van der Waals surface area contributed by atoms with Crippen molar-refractivity contribution in [2.45, 2.75) is 51.5 Å². The third-order valence-corrected chi connectivity index (χ3v) is 9.24. The quantitative estimate of drug-likeness (QED) is 0.301. The molecule has 0 bridgehead atoms. The fraction of sp³-hybridized carbons (Fsp3) is 0.412. The zero-order valence-electron chi connectivity index (χ0n) is 26.5. The first-order valence-electron chi connectivity index (χ1n) is 15.3. The molecular weight excluding hydrogens is 602 g/mol. The van der Waals surface area contributed by atoms with Crippen molar-refractivity contribution in [3.63, 3.8) is 0 Å². The molecule has 3 heterocycles. The number of aromatic nitrogens is 1. The molecule has 3 aromatic rings. The summed E-state index contributed by atoms with van der Waals surface area (Å²) in [6, 6.07) is 11.4. The molecule has 3 atom stereocenters. The number of nitrogens with one attached hydrogen (secondary N) is 2. The van der Waals surface area contributed by atoms with Crippen LogP contribution >= 0.6 is 0 Å². The third kappa shape index (κ3) is 6.97. The molecule has 3 unspecified atom stereocenters. The fourth-order valence-electron chi connectivity index (χ4n) is 6.23. The summed E-state index contributed by atoms with van der Waals surface area (Å²) in [6.45, 7) is 8.44. The molecule has 246 valence electrons. The fourth-order valence-corrected chi connectivity index (χ4v) is 6.23. The highest BCUT2D eigenvalue weighted by molar-refractivity contribution is 6.07. The first-order chi connectivity index (χ1) is 21.8. The molecule has 5 rings (SSSR count). The van der Waals surface area contributed by atoms with E-state index in [4.69, 9.17) is 4.74 Å². The number of methoxy groups -OCH3 is 1. The van der Waals surface area contributed by atoms with Crippen molar-refractivity contribution in [2.24, 2.45) is 0 Å². The second-order valence-electron chi connectivity index (χ2n) is 12.1. The highest BCUT2D eigenvalue weighted by Gasteiger charge is 2.36. The van der Waals surface area contributed by atoms with Crippen LogP contribution in [0.4, 0.5) is 28.9 Å². The number of piperazine rings is 1. The van der Waals surface area contributed by atoms with Gasteiger partial charge in [0.1, 0.15) is 11.6 Å². The standard InChI is InChI=1S/C34H39F4N5O3/c1-20-18-43(19-21(2)41(20)4)31-16-29(35)26(14-30(31)40-33(45)27-17-39-32(44)15-28(27)34(36,37)38)24-10-12-42(13-11-24)22(3)23-6-8-25(46-5)9-7-23/h6-10,14-17,20-22H,11-13,18-19H2,1-5H3,(H,39,44)(H,40,45). The lowest BCUT2D eigenvalue weighted by molar-refractivity contribution is -0.138. The normalized spacial score (nSPS) is 20.3. The van der Waals surface area contributed by atoms with E-state index in [9.17, 15) is 22.8 Å². The SMILES string of the molecule is COc1ccc(C(C)N2CC=C(c3cc(NC(=O)c4c[nH]c(=O)cc4C(F)(F)F)c(N4CC(C)N(C)C(C)C4)cc3F)CC2)cc1. The summed E-state index contributed by atoms with van der Waals surface area (Å²) >= 11 is 0. The van der Waals surface area contributed by atoms with Gasteiger partial charge in [-0.3, -0.25) is 19.4 Å². The minimum atomic E-state index is -4.93. The molecule has 8 nitrogen and oxygen atoms in total. The van der Waals surface area contributed by atoms with E-state index in [0.29, 0.717) is 44.4 Å². The molecule has 0 spiro atoms. The molecule has 1 fully saturated rings. The Morgan fingerprint density at radius 2 is 1.76 bits per heavy atom. The number of carbonyl (C=O) groups is 1. The number of ether oxygens (including phenoxy) is 1. The van der Waals surface area contributed by atoms with Gasteiger partial charge in [0.25, 0.3) is 5.91 Å². The van der Waals surface area contributed by atoms with E-state index in [0.717, 1.165) is 23.1 Å². The predicted octanol–water partition coefficient (Wildman–Crippen LogP) is 6.17. The number of amides is 1. The van der Waals surface area contributed by atoms with Crippen LogP contribution in [0.15, 0.2) is 59.5 Å². The monoisotopic (exact) mass is 641 g/mol. The highest BCUT2D eigenvalue weighted by Crippen LogP contribution is 2.38. The van der Waals surface area contributed by atoms with E-state index in [1.165, 1.54) is 12.1 Å². The number of anilines is 2.